The molecule has 2 atom stereocenters. The first-order valence-electron chi connectivity index (χ1n) is 6.13. The molecule has 1 N–H and O–H groups in total. The lowest BCUT2D eigenvalue weighted by Gasteiger charge is -2.27. The molecule has 0 aromatic rings. The maximum atomic E-state index is 9.76. The molecular weight excluding hydrogens is 172 g/mol. The summed E-state index contributed by atoms with van der Waals surface area (Å²) in [5.41, 5.74) is 0. The predicted molar refractivity (Wildman–Crippen MR) is 61.2 cm³/mol. The molecule has 1 aliphatic rings. The highest BCUT2D eigenvalue weighted by Crippen LogP contribution is 2.28. The van der Waals surface area contributed by atoms with Crippen LogP contribution in [0.3, 0.4) is 0 Å². The van der Waals surface area contributed by atoms with Crippen LogP contribution in [0.2, 0.25) is 0 Å². The van der Waals surface area contributed by atoms with E-state index in [1.54, 1.807) is 0 Å². The lowest BCUT2D eigenvalue weighted by molar-refractivity contribution is 0.0639. The fourth-order valence-electron chi connectivity index (χ4n) is 2.40. The first-order valence-corrected chi connectivity index (χ1v) is 6.13. The fraction of sp³-hybridized carbons (Fsp3) is 0.846. The summed E-state index contributed by atoms with van der Waals surface area (Å²) in [5, 5.41) is 9.76. The molecule has 2 unspecified atom stereocenters. The Kier molecular flexibility index (Phi) is 5.93. The summed E-state index contributed by atoms with van der Waals surface area (Å²) in [7, 11) is 0. The van der Waals surface area contributed by atoms with Crippen LogP contribution >= 0.6 is 0 Å². The first-order chi connectivity index (χ1) is 6.84. The third kappa shape index (κ3) is 4.28. The van der Waals surface area contributed by atoms with Crippen LogP contribution in [-0.2, 0) is 0 Å². The average molecular weight is 196 g/mol. The summed E-state index contributed by atoms with van der Waals surface area (Å²) in [6, 6.07) is 0. The zero-order chi connectivity index (χ0) is 10.2. The van der Waals surface area contributed by atoms with Crippen molar-refractivity contribution in [2.75, 3.05) is 0 Å². The average Bonchev–Trinajstić information content (AvgIpc) is 2.20. The monoisotopic (exact) mass is 196 g/mol. The smallest absolute Gasteiger partial charge is 0.0568 e. The van der Waals surface area contributed by atoms with Crippen LogP contribution in [0.25, 0.3) is 0 Å². The topological polar surface area (TPSA) is 20.2 Å². The summed E-state index contributed by atoms with van der Waals surface area (Å²) in [6.45, 7) is 3.72. The van der Waals surface area contributed by atoms with E-state index in [2.05, 4.69) is 6.58 Å². The molecule has 1 rings (SSSR count). The highest BCUT2D eigenvalue weighted by Gasteiger charge is 2.21. The van der Waals surface area contributed by atoms with Crippen LogP contribution in [0.4, 0.5) is 0 Å². The summed E-state index contributed by atoms with van der Waals surface area (Å²) in [5.74, 6) is 0.604. The van der Waals surface area contributed by atoms with E-state index in [4.69, 9.17) is 0 Å². The standard InChI is InChI=1S/C13H24O/c1-2-3-4-5-6-9-12-10-7-8-11-13(12)14/h2,12-14H,1,3-11H2. The number of rotatable bonds is 6. The Hall–Kier alpha value is -0.300. The number of aliphatic hydroxyl groups is 1. The van der Waals surface area contributed by atoms with Gasteiger partial charge in [0.2, 0.25) is 0 Å². The number of hydrogen-bond donors (Lipinski definition) is 1. The summed E-state index contributed by atoms with van der Waals surface area (Å²) >= 11 is 0. The van der Waals surface area contributed by atoms with Gasteiger partial charge in [0.1, 0.15) is 0 Å². The largest absolute Gasteiger partial charge is 0.393 e. The molecule has 1 aliphatic carbocycles. The number of aliphatic hydroxyl groups excluding tert-OH is 1. The molecule has 0 amide bonds. The normalized spacial score (nSPS) is 27.5. The van der Waals surface area contributed by atoms with Crippen molar-refractivity contribution in [2.24, 2.45) is 5.92 Å². The molecule has 0 aliphatic heterocycles. The van der Waals surface area contributed by atoms with Crippen LogP contribution in [0.1, 0.15) is 57.8 Å². The number of allylic oxidation sites excluding steroid dienone is 1. The Morgan fingerprint density at radius 2 is 1.93 bits per heavy atom. The molecule has 1 fully saturated rings. The van der Waals surface area contributed by atoms with Crippen LogP contribution in [-0.4, -0.2) is 11.2 Å². The predicted octanol–water partition coefficient (Wildman–Crippen LogP) is 3.67. The van der Waals surface area contributed by atoms with Gasteiger partial charge in [-0.3, -0.25) is 0 Å². The van der Waals surface area contributed by atoms with Crippen molar-refractivity contribution in [3.05, 3.63) is 12.7 Å². The van der Waals surface area contributed by atoms with Gasteiger partial charge >= 0.3 is 0 Å². The Labute approximate surface area is 88.2 Å². The molecule has 82 valence electrons. The van der Waals surface area contributed by atoms with Crippen LogP contribution in [0.5, 0.6) is 0 Å². The van der Waals surface area contributed by atoms with E-state index in [0.29, 0.717) is 5.92 Å². The highest BCUT2D eigenvalue weighted by atomic mass is 16.3. The minimum atomic E-state index is 0.00292. The van der Waals surface area contributed by atoms with Crippen molar-refractivity contribution < 1.29 is 5.11 Å². The van der Waals surface area contributed by atoms with E-state index in [0.717, 1.165) is 12.8 Å². The van der Waals surface area contributed by atoms with Crippen LogP contribution in [0, 0.1) is 5.92 Å². The van der Waals surface area contributed by atoms with E-state index in [-0.39, 0.29) is 6.10 Å². The second-order valence-electron chi connectivity index (χ2n) is 4.54. The van der Waals surface area contributed by atoms with Crippen molar-refractivity contribution >= 4 is 0 Å². The Bertz CT molecular complexity index is 153. The summed E-state index contributed by atoms with van der Waals surface area (Å²) < 4.78 is 0. The quantitative estimate of drug-likeness (QED) is 0.507. The molecule has 1 saturated carbocycles. The molecule has 0 aromatic heterocycles. The minimum absolute atomic E-state index is 0.00292. The maximum absolute atomic E-state index is 9.76. The second kappa shape index (κ2) is 7.05. The molecule has 0 aromatic carbocycles. The van der Waals surface area contributed by atoms with Gasteiger partial charge in [0.05, 0.1) is 6.10 Å². The highest BCUT2D eigenvalue weighted by molar-refractivity contribution is 4.74. The van der Waals surface area contributed by atoms with Gasteiger partial charge < -0.3 is 5.11 Å². The van der Waals surface area contributed by atoms with Gasteiger partial charge in [-0.2, -0.15) is 0 Å². The van der Waals surface area contributed by atoms with E-state index >= 15 is 0 Å². The van der Waals surface area contributed by atoms with Crippen molar-refractivity contribution in [1.82, 2.24) is 0 Å². The molecule has 0 radical (unpaired) electrons. The van der Waals surface area contributed by atoms with Gasteiger partial charge in [0.25, 0.3) is 0 Å². The van der Waals surface area contributed by atoms with E-state index < -0.39 is 0 Å². The van der Waals surface area contributed by atoms with E-state index in [1.165, 1.54) is 44.9 Å². The summed E-state index contributed by atoms with van der Waals surface area (Å²) in [6.07, 6.45) is 13.1. The molecule has 0 saturated heterocycles. The van der Waals surface area contributed by atoms with Crippen LogP contribution < -0.4 is 0 Å². The van der Waals surface area contributed by atoms with Gasteiger partial charge in [-0.1, -0.05) is 31.8 Å². The van der Waals surface area contributed by atoms with Crippen molar-refractivity contribution in [3.8, 4) is 0 Å². The summed E-state index contributed by atoms with van der Waals surface area (Å²) in [4.78, 5) is 0. The Morgan fingerprint density at radius 3 is 2.64 bits per heavy atom. The van der Waals surface area contributed by atoms with Gasteiger partial charge in [-0.15, -0.1) is 6.58 Å². The molecule has 0 bridgehead atoms. The minimum Gasteiger partial charge on any atom is -0.393 e. The molecular formula is C13H24O. The number of hydrogen-bond acceptors (Lipinski definition) is 1. The van der Waals surface area contributed by atoms with Gasteiger partial charge in [-0.25, -0.2) is 0 Å². The Balaban J connectivity index is 2.01. The SMILES string of the molecule is C=CCCCCCC1CCCCC1O. The maximum Gasteiger partial charge on any atom is 0.0568 e. The van der Waals surface area contributed by atoms with Gasteiger partial charge in [0, 0.05) is 0 Å². The molecule has 0 spiro atoms. The lowest BCUT2D eigenvalue weighted by atomic mass is 9.83. The van der Waals surface area contributed by atoms with Crippen molar-refractivity contribution in [1.29, 1.82) is 0 Å². The zero-order valence-corrected chi connectivity index (χ0v) is 9.25. The first kappa shape index (κ1) is 11.8. The zero-order valence-electron chi connectivity index (χ0n) is 9.25. The van der Waals surface area contributed by atoms with Crippen molar-refractivity contribution in [3.63, 3.8) is 0 Å². The third-order valence-corrected chi connectivity index (χ3v) is 3.35. The third-order valence-electron chi connectivity index (χ3n) is 3.35. The molecule has 0 heterocycles. The molecule has 14 heavy (non-hydrogen) atoms. The van der Waals surface area contributed by atoms with Gasteiger partial charge in [-0.05, 0) is 38.0 Å². The molecule has 1 nitrogen and oxygen atoms in total. The van der Waals surface area contributed by atoms with Crippen LogP contribution in [0.15, 0.2) is 12.7 Å². The van der Waals surface area contributed by atoms with Crippen molar-refractivity contribution in [2.45, 2.75) is 63.9 Å². The molecule has 1 heteroatoms. The van der Waals surface area contributed by atoms with E-state index in [1.807, 2.05) is 6.08 Å². The fourth-order valence-corrected chi connectivity index (χ4v) is 2.40. The lowest BCUT2D eigenvalue weighted by Crippen LogP contribution is -2.24. The second-order valence-corrected chi connectivity index (χ2v) is 4.54. The van der Waals surface area contributed by atoms with Gasteiger partial charge in [0.15, 0.2) is 0 Å². The van der Waals surface area contributed by atoms with E-state index in [9.17, 15) is 5.11 Å². The number of unbranched alkanes of at least 4 members (excludes halogenated alkanes) is 3. The Morgan fingerprint density at radius 1 is 1.14 bits per heavy atom.